The molecule has 1 aliphatic carbocycles. The van der Waals surface area contributed by atoms with Gasteiger partial charge in [0.15, 0.2) is 0 Å². The number of fused-ring (bicyclic) bond motifs is 1. The average molecular weight is 318 g/mol. The highest BCUT2D eigenvalue weighted by atomic mass is 16.5. The Bertz CT molecular complexity index is 575. The first kappa shape index (κ1) is 15.1. The highest BCUT2D eigenvalue weighted by Crippen LogP contribution is 2.30. The van der Waals surface area contributed by atoms with Crippen LogP contribution in [-0.4, -0.2) is 46.7 Å². The molecular weight excluding hydrogens is 292 g/mol. The van der Waals surface area contributed by atoms with Gasteiger partial charge in [0.05, 0.1) is 31.1 Å². The van der Waals surface area contributed by atoms with Crippen molar-refractivity contribution in [2.24, 2.45) is 11.8 Å². The Morgan fingerprint density at radius 2 is 2.26 bits per heavy atom. The zero-order valence-electron chi connectivity index (χ0n) is 13.8. The number of amides is 1. The average Bonchev–Trinajstić information content (AvgIpc) is 3.13. The minimum atomic E-state index is 0.201. The Morgan fingerprint density at radius 3 is 3.00 bits per heavy atom. The molecule has 1 amide bonds. The van der Waals surface area contributed by atoms with Gasteiger partial charge in [-0.05, 0) is 32.1 Å². The number of aromatic nitrogens is 2. The molecule has 23 heavy (non-hydrogen) atoms. The summed E-state index contributed by atoms with van der Waals surface area (Å²) in [6, 6.07) is 0.331. The molecule has 0 bridgehead atoms. The van der Waals surface area contributed by atoms with Crippen LogP contribution in [0.5, 0.6) is 0 Å². The van der Waals surface area contributed by atoms with E-state index in [-0.39, 0.29) is 11.8 Å². The molecule has 126 valence electrons. The van der Waals surface area contributed by atoms with E-state index in [0.717, 1.165) is 57.2 Å². The van der Waals surface area contributed by atoms with Crippen molar-refractivity contribution in [1.82, 2.24) is 19.8 Å². The zero-order valence-corrected chi connectivity index (χ0v) is 13.8. The third kappa shape index (κ3) is 3.15. The van der Waals surface area contributed by atoms with Gasteiger partial charge < -0.3 is 14.6 Å². The predicted molar refractivity (Wildman–Crippen MR) is 85.7 cm³/mol. The van der Waals surface area contributed by atoms with Crippen LogP contribution >= 0.6 is 0 Å². The molecule has 6 nitrogen and oxygen atoms in total. The molecule has 2 atom stereocenters. The van der Waals surface area contributed by atoms with Crippen LogP contribution < -0.4 is 5.32 Å². The lowest BCUT2D eigenvalue weighted by atomic mass is 10.1. The zero-order chi connectivity index (χ0) is 15.8. The third-order valence-electron chi connectivity index (χ3n) is 5.41. The van der Waals surface area contributed by atoms with Crippen molar-refractivity contribution >= 4 is 5.91 Å². The molecule has 2 unspecified atom stereocenters. The Morgan fingerprint density at radius 1 is 1.39 bits per heavy atom. The maximum absolute atomic E-state index is 11.8. The highest BCUT2D eigenvalue weighted by Gasteiger charge is 2.31. The van der Waals surface area contributed by atoms with Gasteiger partial charge in [-0.15, -0.1) is 0 Å². The second kappa shape index (κ2) is 6.24. The Labute approximate surface area is 137 Å². The van der Waals surface area contributed by atoms with E-state index in [2.05, 4.69) is 26.7 Å². The van der Waals surface area contributed by atoms with Crippen LogP contribution in [0.3, 0.4) is 0 Å². The number of nitrogens with zero attached hydrogens (tertiary/aromatic N) is 3. The molecule has 1 N–H and O–H groups in total. The Kier molecular flexibility index (Phi) is 4.11. The van der Waals surface area contributed by atoms with Gasteiger partial charge in [-0.3, -0.25) is 9.69 Å². The van der Waals surface area contributed by atoms with Crippen molar-refractivity contribution in [2.75, 3.05) is 26.3 Å². The monoisotopic (exact) mass is 318 g/mol. The molecule has 1 saturated heterocycles. The second-order valence-corrected chi connectivity index (χ2v) is 7.15. The predicted octanol–water partition coefficient (Wildman–Crippen LogP) is 1.32. The van der Waals surface area contributed by atoms with E-state index in [9.17, 15) is 4.79 Å². The maximum atomic E-state index is 11.8. The van der Waals surface area contributed by atoms with E-state index >= 15 is 0 Å². The molecule has 3 aliphatic rings. The van der Waals surface area contributed by atoms with Crippen molar-refractivity contribution < 1.29 is 9.53 Å². The minimum absolute atomic E-state index is 0.201. The van der Waals surface area contributed by atoms with Crippen molar-refractivity contribution in [3.05, 3.63) is 17.7 Å². The van der Waals surface area contributed by atoms with Gasteiger partial charge in [0, 0.05) is 32.2 Å². The third-order valence-corrected chi connectivity index (χ3v) is 5.41. The van der Waals surface area contributed by atoms with Gasteiger partial charge in [0.2, 0.25) is 5.91 Å². The fourth-order valence-corrected chi connectivity index (χ4v) is 3.72. The standard InChI is InChI=1S/C17H26N4O2/c1-12-16-18-8-15(9-19-17(22)14-2-3-14)21(16)6-5-20(12)10-13-4-7-23-11-13/h8,12-14H,2-7,9-11H2,1H3,(H,19,22). The molecule has 4 rings (SSSR count). The van der Waals surface area contributed by atoms with Crippen LogP contribution in [0.2, 0.25) is 0 Å². The molecule has 3 heterocycles. The second-order valence-electron chi connectivity index (χ2n) is 7.15. The summed E-state index contributed by atoms with van der Waals surface area (Å²) < 4.78 is 7.79. The molecule has 2 aliphatic heterocycles. The molecule has 1 saturated carbocycles. The topological polar surface area (TPSA) is 59.4 Å². The van der Waals surface area contributed by atoms with Crippen LogP contribution in [0.4, 0.5) is 0 Å². The largest absolute Gasteiger partial charge is 0.381 e. The van der Waals surface area contributed by atoms with Crippen LogP contribution in [0, 0.1) is 11.8 Å². The lowest BCUT2D eigenvalue weighted by Crippen LogP contribution is -2.40. The summed E-state index contributed by atoms with van der Waals surface area (Å²) in [6.07, 6.45) is 5.21. The first-order valence-corrected chi connectivity index (χ1v) is 8.86. The van der Waals surface area contributed by atoms with E-state index < -0.39 is 0 Å². The normalized spacial score (nSPS) is 27.9. The first-order chi connectivity index (χ1) is 11.2. The number of imidazole rings is 1. The van der Waals surface area contributed by atoms with Crippen molar-refractivity contribution in [3.63, 3.8) is 0 Å². The van der Waals surface area contributed by atoms with Gasteiger partial charge in [-0.1, -0.05) is 0 Å². The highest BCUT2D eigenvalue weighted by molar-refractivity contribution is 5.80. The van der Waals surface area contributed by atoms with Gasteiger partial charge in [-0.2, -0.15) is 0 Å². The van der Waals surface area contributed by atoms with Crippen LogP contribution in [0.15, 0.2) is 6.20 Å². The summed E-state index contributed by atoms with van der Waals surface area (Å²) in [7, 11) is 0. The Hall–Kier alpha value is -1.40. The number of carbonyl (C=O) groups is 1. The van der Waals surface area contributed by atoms with E-state index in [1.54, 1.807) is 0 Å². The molecule has 1 aromatic rings. The summed E-state index contributed by atoms with van der Waals surface area (Å²) in [4.78, 5) is 19.0. The van der Waals surface area contributed by atoms with Crippen molar-refractivity contribution in [1.29, 1.82) is 0 Å². The van der Waals surface area contributed by atoms with Crippen LogP contribution in [0.1, 0.15) is 43.7 Å². The molecular formula is C17H26N4O2. The van der Waals surface area contributed by atoms with Crippen molar-refractivity contribution in [3.8, 4) is 0 Å². The molecule has 0 spiro atoms. The quantitative estimate of drug-likeness (QED) is 0.889. The number of hydrogen-bond donors (Lipinski definition) is 1. The van der Waals surface area contributed by atoms with E-state index in [1.165, 1.54) is 6.42 Å². The van der Waals surface area contributed by atoms with Crippen LogP contribution in [-0.2, 0) is 22.6 Å². The van der Waals surface area contributed by atoms with E-state index in [0.29, 0.717) is 18.5 Å². The number of rotatable bonds is 5. The molecule has 0 aromatic carbocycles. The molecule has 2 fully saturated rings. The summed E-state index contributed by atoms with van der Waals surface area (Å²) in [5, 5.41) is 3.05. The smallest absolute Gasteiger partial charge is 0.223 e. The fraction of sp³-hybridized carbons (Fsp3) is 0.765. The molecule has 6 heteroatoms. The first-order valence-electron chi connectivity index (χ1n) is 8.86. The summed E-state index contributed by atoms with van der Waals surface area (Å²) in [5.74, 6) is 2.26. The Balaban J connectivity index is 1.39. The van der Waals surface area contributed by atoms with Crippen molar-refractivity contribution in [2.45, 2.75) is 45.3 Å². The molecule has 1 aromatic heterocycles. The number of nitrogens with one attached hydrogen (secondary N) is 1. The summed E-state index contributed by atoms with van der Waals surface area (Å²) in [6.45, 7) is 7.75. The SMILES string of the molecule is CC1c2ncc(CNC(=O)C3CC3)n2CCN1CC1CCOC1. The molecule has 0 radical (unpaired) electrons. The van der Waals surface area contributed by atoms with Gasteiger partial charge in [0.25, 0.3) is 0 Å². The fourth-order valence-electron chi connectivity index (χ4n) is 3.72. The minimum Gasteiger partial charge on any atom is -0.381 e. The maximum Gasteiger partial charge on any atom is 0.223 e. The van der Waals surface area contributed by atoms with Gasteiger partial charge >= 0.3 is 0 Å². The van der Waals surface area contributed by atoms with E-state index in [4.69, 9.17) is 4.74 Å². The summed E-state index contributed by atoms with van der Waals surface area (Å²) >= 11 is 0. The van der Waals surface area contributed by atoms with Gasteiger partial charge in [-0.25, -0.2) is 4.98 Å². The lowest BCUT2D eigenvalue weighted by Gasteiger charge is -2.35. The van der Waals surface area contributed by atoms with E-state index in [1.807, 2.05) is 6.20 Å². The lowest BCUT2D eigenvalue weighted by molar-refractivity contribution is -0.122. The van der Waals surface area contributed by atoms with Crippen LogP contribution in [0.25, 0.3) is 0 Å². The number of carbonyl (C=O) groups excluding carboxylic acids is 1. The number of ether oxygens (including phenoxy) is 1. The number of hydrogen-bond acceptors (Lipinski definition) is 4. The summed E-state index contributed by atoms with van der Waals surface area (Å²) in [5.41, 5.74) is 1.13. The van der Waals surface area contributed by atoms with Gasteiger partial charge in [0.1, 0.15) is 5.82 Å².